The summed E-state index contributed by atoms with van der Waals surface area (Å²) >= 11 is 0. The van der Waals surface area contributed by atoms with Crippen molar-refractivity contribution in [1.82, 2.24) is 9.97 Å². The first-order valence-corrected chi connectivity index (χ1v) is 6.32. The molecule has 3 nitrogen and oxygen atoms in total. The van der Waals surface area contributed by atoms with Crippen molar-refractivity contribution >= 4 is 0 Å². The van der Waals surface area contributed by atoms with Gasteiger partial charge in [-0.25, -0.2) is 0 Å². The Labute approximate surface area is 97.5 Å². The first kappa shape index (κ1) is 11.5. The molecule has 2 N–H and O–H groups in total. The summed E-state index contributed by atoms with van der Waals surface area (Å²) in [4.78, 5) is 8.55. The van der Waals surface area contributed by atoms with E-state index in [0.717, 1.165) is 18.0 Å². The number of hydrogen-bond donors (Lipinski definition) is 1. The smallest absolute Gasteiger partial charge is 0.0633 e. The second kappa shape index (κ2) is 5.39. The Morgan fingerprint density at radius 3 is 2.94 bits per heavy atom. The molecule has 0 radical (unpaired) electrons. The summed E-state index contributed by atoms with van der Waals surface area (Å²) < 4.78 is 0. The third-order valence-electron chi connectivity index (χ3n) is 3.67. The van der Waals surface area contributed by atoms with E-state index in [4.69, 9.17) is 5.73 Å². The fourth-order valence-corrected chi connectivity index (χ4v) is 2.79. The molecular weight excluding hydrogens is 198 g/mol. The van der Waals surface area contributed by atoms with Crippen LogP contribution in [0.5, 0.6) is 0 Å². The Morgan fingerprint density at radius 2 is 2.25 bits per heavy atom. The molecule has 0 saturated heterocycles. The third-order valence-corrected chi connectivity index (χ3v) is 3.67. The lowest BCUT2D eigenvalue weighted by atomic mass is 9.75. The molecule has 2 rings (SSSR count). The molecule has 1 aliphatic rings. The van der Waals surface area contributed by atoms with Crippen LogP contribution in [0.15, 0.2) is 18.6 Å². The number of hydrogen-bond acceptors (Lipinski definition) is 3. The van der Waals surface area contributed by atoms with E-state index >= 15 is 0 Å². The van der Waals surface area contributed by atoms with Crippen LogP contribution in [0, 0.1) is 5.92 Å². The molecule has 3 heteroatoms. The van der Waals surface area contributed by atoms with Gasteiger partial charge in [0, 0.05) is 30.6 Å². The Hall–Kier alpha value is -0.960. The van der Waals surface area contributed by atoms with E-state index in [9.17, 15) is 0 Å². The normalized spacial score (nSPS) is 30.2. The zero-order valence-corrected chi connectivity index (χ0v) is 9.97. The standard InChI is InChI=1S/C13H21N3/c1-2-3-10-4-5-12(14)11(8-10)13-9-15-6-7-16-13/h6-7,9-12H,2-5,8,14H2,1H3. The van der Waals surface area contributed by atoms with Gasteiger partial charge in [-0.3, -0.25) is 9.97 Å². The Balaban J connectivity index is 2.07. The van der Waals surface area contributed by atoms with Crippen LogP contribution in [0.25, 0.3) is 0 Å². The van der Waals surface area contributed by atoms with E-state index in [2.05, 4.69) is 16.9 Å². The Morgan fingerprint density at radius 1 is 1.38 bits per heavy atom. The topological polar surface area (TPSA) is 51.8 Å². The maximum atomic E-state index is 6.20. The van der Waals surface area contributed by atoms with Gasteiger partial charge < -0.3 is 5.73 Å². The van der Waals surface area contributed by atoms with Crippen molar-refractivity contribution in [2.75, 3.05) is 0 Å². The first-order chi connectivity index (χ1) is 7.81. The molecule has 1 fully saturated rings. The zero-order chi connectivity index (χ0) is 11.4. The highest BCUT2D eigenvalue weighted by Crippen LogP contribution is 2.36. The minimum atomic E-state index is 0.268. The van der Waals surface area contributed by atoms with Crippen molar-refractivity contribution in [1.29, 1.82) is 0 Å². The van der Waals surface area contributed by atoms with Gasteiger partial charge in [0.15, 0.2) is 0 Å². The van der Waals surface area contributed by atoms with Gasteiger partial charge in [-0.1, -0.05) is 19.8 Å². The molecule has 1 aromatic rings. The summed E-state index contributed by atoms with van der Waals surface area (Å²) in [6.45, 7) is 2.26. The molecule has 0 amide bonds. The van der Waals surface area contributed by atoms with E-state index in [1.807, 2.05) is 6.20 Å². The Kier molecular flexibility index (Phi) is 3.88. The van der Waals surface area contributed by atoms with E-state index < -0.39 is 0 Å². The molecule has 1 saturated carbocycles. The van der Waals surface area contributed by atoms with Gasteiger partial charge >= 0.3 is 0 Å². The highest BCUT2D eigenvalue weighted by atomic mass is 14.8. The number of nitrogens with two attached hydrogens (primary N) is 1. The van der Waals surface area contributed by atoms with E-state index in [1.165, 1.54) is 25.7 Å². The molecule has 0 spiro atoms. The van der Waals surface area contributed by atoms with E-state index in [1.54, 1.807) is 12.4 Å². The van der Waals surface area contributed by atoms with Crippen LogP contribution < -0.4 is 5.73 Å². The highest BCUT2D eigenvalue weighted by Gasteiger charge is 2.29. The largest absolute Gasteiger partial charge is 0.327 e. The molecule has 1 aliphatic carbocycles. The van der Waals surface area contributed by atoms with Crippen LogP contribution in [0.4, 0.5) is 0 Å². The third kappa shape index (κ3) is 2.59. The predicted octanol–water partition coefficient (Wildman–Crippen LogP) is 2.49. The molecule has 16 heavy (non-hydrogen) atoms. The van der Waals surface area contributed by atoms with Crippen LogP contribution in [0.3, 0.4) is 0 Å². The average Bonchev–Trinajstić information content (AvgIpc) is 2.33. The monoisotopic (exact) mass is 219 g/mol. The summed E-state index contributed by atoms with van der Waals surface area (Å²) in [6.07, 6.45) is 11.6. The summed E-state index contributed by atoms with van der Waals surface area (Å²) in [5.74, 6) is 1.25. The van der Waals surface area contributed by atoms with Crippen molar-refractivity contribution in [3.8, 4) is 0 Å². The lowest BCUT2D eigenvalue weighted by Crippen LogP contribution is -2.35. The van der Waals surface area contributed by atoms with Gasteiger partial charge in [0.2, 0.25) is 0 Å². The number of aromatic nitrogens is 2. The van der Waals surface area contributed by atoms with E-state index in [-0.39, 0.29) is 6.04 Å². The average molecular weight is 219 g/mol. The van der Waals surface area contributed by atoms with Crippen LogP contribution in [0.2, 0.25) is 0 Å². The molecule has 88 valence electrons. The van der Waals surface area contributed by atoms with Gasteiger partial charge in [-0.05, 0) is 25.2 Å². The van der Waals surface area contributed by atoms with Gasteiger partial charge in [-0.15, -0.1) is 0 Å². The quantitative estimate of drug-likeness (QED) is 0.849. The minimum absolute atomic E-state index is 0.268. The van der Waals surface area contributed by atoms with Gasteiger partial charge in [0.25, 0.3) is 0 Å². The maximum absolute atomic E-state index is 6.20. The van der Waals surface area contributed by atoms with Crippen LogP contribution in [0.1, 0.15) is 50.6 Å². The molecular formula is C13H21N3. The molecule has 0 aliphatic heterocycles. The summed E-state index contributed by atoms with van der Waals surface area (Å²) in [5.41, 5.74) is 7.28. The van der Waals surface area contributed by atoms with E-state index in [0.29, 0.717) is 5.92 Å². The fourth-order valence-electron chi connectivity index (χ4n) is 2.79. The Bertz CT molecular complexity index is 312. The summed E-state index contributed by atoms with van der Waals surface area (Å²) in [6, 6.07) is 0.268. The fraction of sp³-hybridized carbons (Fsp3) is 0.692. The molecule has 3 atom stereocenters. The minimum Gasteiger partial charge on any atom is -0.327 e. The second-order valence-corrected chi connectivity index (χ2v) is 4.87. The zero-order valence-electron chi connectivity index (χ0n) is 9.97. The lowest BCUT2D eigenvalue weighted by molar-refractivity contribution is 0.271. The molecule has 0 bridgehead atoms. The van der Waals surface area contributed by atoms with Gasteiger partial charge in [0.1, 0.15) is 0 Å². The van der Waals surface area contributed by atoms with Gasteiger partial charge in [-0.2, -0.15) is 0 Å². The number of nitrogens with zero attached hydrogens (tertiary/aromatic N) is 2. The van der Waals surface area contributed by atoms with Crippen molar-refractivity contribution in [3.63, 3.8) is 0 Å². The van der Waals surface area contributed by atoms with Crippen molar-refractivity contribution < 1.29 is 0 Å². The SMILES string of the molecule is CCCC1CCC(N)C(c2cnccn2)C1. The van der Waals surface area contributed by atoms with Crippen molar-refractivity contribution in [3.05, 3.63) is 24.3 Å². The molecule has 0 aromatic carbocycles. The molecule has 1 aromatic heterocycles. The highest BCUT2D eigenvalue weighted by molar-refractivity contribution is 5.09. The van der Waals surface area contributed by atoms with Crippen molar-refractivity contribution in [2.45, 2.75) is 51.0 Å². The first-order valence-electron chi connectivity index (χ1n) is 6.32. The van der Waals surface area contributed by atoms with Crippen LogP contribution >= 0.6 is 0 Å². The number of rotatable bonds is 3. The van der Waals surface area contributed by atoms with Gasteiger partial charge in [0.05, 0.1) is 5.69 Å². The lowest BCUT2D eigenvalue weighted by Gasteiger charge is -2.33. The summed E-state index contributed by atoms with van der Waals surface area (Å²) in [7, 11) is 0. The van der Waals surface area contributed by atoms with Crippen molar-refractivity contribution in [2.24, 2.45) is 11.7 Å². The van der Waals surface area contributed by atoms with Crippen LogP contribution in [-0.2, 0) is 0 Å². The predicted molar refractivity (Wildman–Crippen MR) is 65.0 cm³/mol. The molecule has 1 heterocycles. The summed E-state index contributed by atoms with van der Waals surface area (Å²) in [5, 5.41) is 0. The maximum Gasteiger partial charge on any atom is 0.0633 e. The molecule has 3 unspecified atom stereocenters. The second-order valence-electron chi connectivity index (χ2n) is 4.87. The van der Waals surface area contributed by atoms with Crippen LogP contribution in [-0.4, -0.2) is 16.0 Å².